The Morgan fingerprint density at radius 2 is 1.75 bits per heavy atom. The van der Waals surface area contributed by atoms with Crippen LogP contribution >= 0.6 is 11.6 Å². The molecule has 2 heterocycles. The fourth-order valence-electron chi connectivity index (χ4n) is 4.13. The number of likely N-dealkylation sites (tertiary alicyclic amines) is 2. The quantitative estimate of drug-likeness (QED) is 0.469. The Bertz CT molecular complexity index is 903. The van der Waals surface area contributed by atoms with Crippen LogP contribution in [0.15, 0.2) is 23.1 Å². The molecule has 2 aliphatic heterocycles. The lowest BCUT2D eigenvalue weighted by molar-refractivity contribution is -0.127. The van der Waals surface area contributed by atoms with E-state index in [-0.39, 0.29) is 33.8 Å². The maximum absolute atomic E-state index is 12.6. The van der Waals surface area contributed by atoms with E-state index < -0.39 is 10.0 Å². The number of sulfonamides is 1. The normalized spacial score (nSPS) is 17.7. The highest BCUT2D eigenvalue weighted by atomic mass is 35.5. The Hall–Kier alpha value is -1.68. The van der Waals surface area contributed by atoms with E-state index in [1.54, 1.807) is 4.90 Å². The predicted molar refractivity (Wildman–Crippen MR) is 124 cm³/mol. The molecule has 0 atom stereocenters. The van der Waals surface area contributed by atoms with E-state index in [1.165, 1.54) is 37.5 Å². The highest BCUT2D eigenvalue weighted by molar-refractivity contribution is 7.89. The molecule has 2 aliphatic rings. The van der Waals surface area contributed by atoms with Crippen molar-refractivity contribution >= 4 is 33.4 Å². The van der Waals surface area contributed by atoms with Gasteiger partial charge in [0.15, 0.2) is 0 Å². The summed E-state index contributed by atoms with van der Waals surface area (Å²) in [5.41, 5.74) is 0.148. The highest BCUT2D eigenvalue weighted by Gasteiger charge is 2.21. The number of piperidine rings is 1. The lowest BCUT2D eigenvalue weighted by Crippen LogP contribution is -2.33. The minimum atomic E-state index is -3.78. The van der Waals surface area contributed by atoms with Crippen molar-refractivity contribution in [3.8, 4) is 0 Å². The molecule has 0 unspecified atom stereocenters. The molecular weight excluding hydrogens is 452 g/mol. The third-order valence-corrected chi connectivity index (χ3v) is 7.73. The maximum atomic E-state index is 12.6. The molecule has 178 valence electrons. The lowest BCUT2D eigenvalue weighted by Gasteiger charge is -2.26. The molecule has 0 spiro atoms. The van der Waals surface area contributed by atoms with Crippen molar-refractivity contribution in [2.45, 2.75) is 49.8 Å². The van der Waals surface area contributed by atoms with Gasteiger partial charge in [-0.1, -0.05) is 18.0 Å². The molecule has 10 heteroatoms. The van der Waals surface area contributed by atoms with Crippen molar-refractivity contribution in [1.29, 1.82) is 0 Å². The van der Waals surface area contributed by atoms with Crippen LogP contribution in [0.3, 0.4) is 0 Å². The number of rotatable bonds is 11. The van der Waals surface area contributed by atoms with Gasteiger partial charge in [0.1, 0.15) is 0 Å². The molecule has 0 aliphatic carbocycles. The first kappa shape index (κ1) is 25.0. The number of benzene rings is 1. The van der Waals surface area contributed by atoms with Crippen LogP contribution < -0.4 is 10.0 Å². The van der Waals surface area contributed by atoms with Gasteiger partial charge in [0.25, 0.3) is 5.91 Å². The molecule has 0 bridgehead atoms. The van der Waals surface area contributed by atoms with Crippen LogP contribution in [-0.2, 0) is 14.8 Å². The Balaban J connectivity index is 1.48. The van der Waals surface area contributed by atoms with Crippen LogP contribution in [0.4, 0.5) is 0 Å². The Kier molecular flexibility index (Phi) is 9.34. The van der Waals surface area contributed by atoms with Gasteiger partial charge in [0.2, 0.25) is 15.9 Å². The highest BCUT2D eigenvalue weighted by Crippen LogP contribution is 2.21. The van der Waals surface area contributed by atoms with Crippen LogP contribution in [-0.4, -0.2) is 75.8 Å². The van der Waals surface area contributed by atoms with Crippen LogP contribution in [0.1, 0.15) is 55.3 Å². The van der Waals surface area contributed by atoms with Crippen LogP contribution in [0.25, 0.3) is 0 Å². The zero-order chi connectivity index (χ0) is 23.0. The van der Waals surface area contributed by atoms with Crippen molar-refractivity contribution in [1.82, 2.24) is 19.8 Å². The van der Waals surface area contributed by atoms with Gasteiger partial charge in [-0.15, -0.1) is 0 Å². The predicted octanol–water partition coefficient (Wildman–Crippen LogP) is 2.24. The minimum Gasteiger partial charge on any atom is -0.352 e. The first-order chi connectivity index (χ1) is 15.4. The van der Waals surface area contributed by atoms with E-state index in [0.717, 1.165) is 39.0 Å². The number of nitrogens with zero attached hydrogens (tertiary/aromatic N) is 2. The van der Waals surface area contributed by atoms with Gasteiger partial charge in [0, 0.05) is 32.6 Å². The standard InChI is InChI=1S/C22H33ClN4O4S/c23-20-9-8-18(32(30,31)25-11-6-16-27-15-4-7-21(27)28)17-19(20)22(29)24-10-5-14-26-12-2-1-3-13-26/h8-9,17,25H,1-7,10-16H2,(H,24,29). The SMILES string of the molecule is O=C(NCCCN1CCCCC1)c1cc(S(=O)(=O)NCCCN2CCCC2=O)ccc1Cl. The van der Waals surface area contributed by atoms with Crippen LogP contribution in [0.5, 0.6) is 0 Å². The number of nitrogens with one attached hydrogen (secondary N) is 2. The molecule has 1 aromatic carbocycles. The molecule has 0 aromatic heterocycles. The summed E-state index contributed by atoms with van der Waals surface area (Å²) < 4.78 is 27.8. The Morgan fingerprint density at radius 3 is 2.47 bits per heavy atom. The van der Waals surface area contributed by atoms with Crippen molar-refractivity contribution in [3.63, 3.8) is 0 Å². The fraction of sp³-hybridized carbons (Fsp3) is 0.636. The van der Waals surface area contributed by atoms with Gasteiger partial charge in [0.05, 0.1) is 15.5 Å². The van der Waals surface area contributed by atoms with Crippen LogP contribution in [0.2, 0.25) is 5.02 Å². The van der Waals surface area contributed by atoms with Gasteiger partial charge in [-0.25, -0.2) is 13.1 Å². The summed E-state index contributed by atoms with van der Waals surface area (Å²) in [6.45, 7) is 5.16. The summed E-state index contributed by atoms with van der Waals surface area (Å²) in [4.78, 5) is 28.4. The third kappa shape index (κ3) is 7.16. The number of halogens is 1. The average molecular weight is 485 g/mol. The van der Waals surface area contributed by atoms with Gasteiger partial charge in [-0.2, -0.15) is 0 Å². The Morgan fingerprint density at radius 1 is 1.00 bits per heavy atom. The smallest absolute Gasteiger partial charge is 0.252 e. The topological polar surface area (TPSA) is 98.8 Å². The van der Waals surface area contributed by atoms with Crippen molar-refractivity contribution in [2.24, 2.45) is 0 Å². The summed E-state index contributed by atoms with van der Waals surface area (Å²) in [5.74, 6) is -0.254. The molecule has 0 saturated carbocycles. The minimum absolute atomic E-state index is 0.00221. The first-order valence-corrected chi connectivity index (χ1v) is 13.3. The second-order valence-corrected chi connectivity index (χ2v) is 10.6. The van der Waals surface area contributed by atoms with E-state index in [0.29, 0.717) is 25.9 Å². The number of hydrogen-bond acceptors (Lipinski definition) is 5. The molecular formula is C22H33ClN4O4S. The Labute approximate surface area is 195 Å². The van der Waals surface area contributed by atoms with Crippen LogP contribution in [0, 0.1) is 0 Å². The average Bonchev–Trinajstić information content (AvgIpc) is 3.19. The fourth-order valence-corrected chi connectivity index (χ4v) is 5.43. The van der Waals surface area contributed by atoms with E-state index in [1.807, 2.05) is 0 Å². The summed E-state index contributed by atoms with van der Waals surface area (Å²) in [7, 11) is -3.78. The number of carbonyl (C=O) groups excluding carboxylic acids is 2. The number of hydrogen-bond donors (Lipinski definition) is 2. The first-order valence-electron chi connectivity index (χ1n) is 11.4. The monoisotopic (exact) mass is 484 g/mol. The van der Waals surface area contributed by atoms with Crippen molar-refractivity contribution in [2.75, 3.05) is 45.8 Å². The molecule has 2 saturated heterocycles. The van der Waals surface area contributed by atoms with Gasteiger partial charge in [-0.3, -0.25) is 9.59 Å². The largest absolute Gasteiger partial charge is 0.352 e. The molecule has 8 nitrogen and oxygen atoms in total. The maximum Gasteiger partial charge on any atom is 0.252 e. The molecule has 2 amide bonds. The zero-order valence-electron chi connectivity index (χ0n) is 18.4. The molecule has 2 N–H and O–H groups in total. The van der Waals surface area contributed by atoms with E-state index in [2.05, 4.69) is 14.9 Å². The van der Waals surface area contributed by atoms with E-state index >= 15 is 0 Å². The second-order valence-electron chi connectivity index (χ2n) is 8.39. The third-order valence-electron chi connectivity index (χ3n) is 5.95. The molecule has 2 fully saturated rings. The van der Waals surface area contributed by atoms with E-state index in [4.69, 9.17) is 11.6 Å². The summed E-state index contributed by atoms with van der Waals surface area (Å²) in [5, 5.41) is 3.06. The second kappa shape index (κ2) is 12.0. The zero-order valence-corrected chi connectivity index (χ0v) is 20.0. The molecule has 32 heavy (non-hydrogen) atoms. The van der Waals surface area contributed by atoms with Gasteiger partial charge >= 0.3 is 0 Å². The lowest BCUT2D eigenvalue weighted by atomic mass is 10.1. The molecule has 1 aromatic rings. The summed E-state index contributed by atoms with van der Waals surface area (Å²) in [6, 6.07) is 4.14. The molecule has 3 rings (SSSR count). The van der Waals surface area contributed by atoms with E-state index in [9.17, 15) is 18.0 Å². The van der Waals surface area contributed by atoms with Gasteiger partial charge < -0.3 is 15.1 Å². The van der Waals surface area contributed by atoms with Crippen molar-refractivity contribution in [3.05, 3.63) is 28.8 Å². The number of amides is 2. The van der Waals surface area contributed by atoms with Crippen molar-refractivity contribution < 1.29 is 18.0 Å². The molecule has 0 radical (unpaired) electrons. The summed E-state index contributed by atoms with van der Waals surface area (Å²) in [6.07, 6.45) is 6.54. The van der Waals surface area contributed by atoms with Gasteiger partial charge in [-0.05, 0) is 69.9 Å². The summed E-state index contributed by atoms with van der Waals surface area (Å²) >= 11 is 6.17. The number of carbonyl (C=O) groups is 2.